The number of amides is 1. The zero-order chi connectivity index (χ0) is 15.6. The van der Waals surface area contributed by atoms with Gasteiger partial charge in [-0.3, -0.25) is 4.79 Å². The highest BCUT2D eigenvalue weighted by Gasteiger charge is 2.15. The van der Waals surface area contributed by atoms with Gasteiger partial charge in [-0.25, -0.2) is 9.97 Å². The molecule has 3 N–H and O–H groups in total. The van der Waals surface area contributed by atoms with E-state index in [4.69, 9.17) is 5.73 Å². The summed E-state index contributed by atoms with van der Waals surface area (Å²) in [5.74, 6) is 0.395. The number of nitrogen functional groups attached to an aromatic ring is 1. The van der Waals surface area contributed by atoms with E-state index in [0.717, 1.165) is 10.0 Å². The van der Waals surface area contributed by atoms with Crippen LogP contribution in [0.3, 0.4) is 0 Å². The molecule has 110 valence electrons. The summed E-state index contributed by atoms with van der Waals surface area (Å²) in [5.41, 5.74) is 8.01. The van der Waals surface area contributed by atoms with Gasteiger partial charge < -0.3 is 11.1 Å². The second-order valence-electron chi connectivity index (χ2n) is 5.10. The number of nitrogens with one attached hydrogen (secondary N) is 1. The fourth-order valence-corrected chi connectivity index (χ4v) is 2.02. The van der Waals surface area contributed by atoms with Gasteiger partial charge in [-0.1, -0.05) is 29.8 Å². The van der Waals surface area contributed by atoms with E-state index in [1.54, 1.807) is 0 Å². The number of anilines is 2. The van der Waals surface area contributed by atoms with Crippen LogP contribution in [0.15, 0.2) is 28.9 Å². The summed E-state index contributed by atoms with van der Waals surface area (Å²) in [7, 11) is 0. The van der Waals surface area contributed by atoms with Gasteiger partial charge in [0.1, 0.15) is 5.82 Å². The molecule has 0 aliphatic carbocycles. The van der Waals surface area contributed by atoms with E-state index in [1.165, 1.54) is 6.20 Å². The summed E-state index contributed by atoms with van der Waals surface area (Å²) in [6.07, 6.45) is 1.48. The van der Waals surface area contributed by atoms with Crippen molar-refractivity contribution >= 4 is 33.2 Å². The molecule has 1 aromatic carbocycles. The van der Waals surface area contributed by atoms with Crippen LogP contribution in [0.1, 0.15) is 41.6 Å². The lowest BCUT2D eigenvalue weighted by molar-refractivity contribution is 0.102. The zero-order valence-electron chi connectivity index (χ0n) is 12.1. The number of hydrogen-bond acceptors (Lipinski definition) is 4. The third-order valence-corrected chi connectivity index (χ3v) is 3.87. The molecular formula is C15H17BrN4O. The minimum absolute atomic E-state index is 0.132. The first-order valence-corrected chi connectivity index (χ1v) is 7.37. The first-order chi connectivity index (χ1) is 9.88. The maximum absolute atomic E-state index is 12.3. The first-order valence-electron chi connectivity index (χ1n) is 6.58. The maximum atomic E-state index is 12.3. The van der Waals surface area contributed by atoms with Gasteiger partial charge >= 0.3 is 0 Å². The number of nitrogens with two attached hydrogens (primary N) is 1. The molecule has 0 bridgehead atoms. The second kappa shape index (κ2) is 6.22. The van der Waals surface area contributed by atoms with Crippen LogP contribution >= 0.6 is 15.9 Å². The predicted octanol–water partition coefficient (Wildman–Crippen LogP) is 3.51. The third-order valence-electron chi connectivity index (χ3n) is 2.98. The number of nitrogens with zero attached hydrogens (tertiary/aromatic N) is 2. The van der Waals surface area contributed by atoms with Crippen LogP contribution in [0.25, 0.3) is 0 Å². The second-order valence-corrected chi connectivity index (χ2v) is 5.96. The maximum Gasteiger partial charge on any atom is 0.276 e. The smallest absolute Gasteiger partial charge is 0.276 e. The average molecular weight is 349 g/mol. The number of carbonyl (C=O) groups excluding carboxylic acids is 1. The molecule has 6 heteroatoms. The monoisotopic (exact) mass is 348 g/mol. The molecular weight excluding hydrogens is 332 g/mol. The molecule has 0 unspecified atom stereocenters. The normalized spacial score (nSPS) is 10.7. The van der Waals surface area contributed by atoms with E-state index in [2.05, 4.69) is 31.2 Å². The van der Waals surface area contributed by atoms with Crippen LogP contribution in [0.5, 0.6) is 0 Å². The molecule has 0 saturated heterocycles. The van der Waals surface area contributed by atoms with Crippen molar-refractivity contribution < 1.29 is 4.79 Å². The lowest BCUT2D eigenvalue weighted by Crippen LogP contribution is -2.18. The molecule has 0 atom stereocenters. The van der Waals surface area contributed by atoms with Crippen molar-refractivity contribution in [1.82, 2.24) is 9.97 Å². The predicted molar refractivity (Wildman–Crippen MR) is 87.4 cm³/mol. The Morgan fingerprint density at radius 2 is 2.10 bits per heavy atom. The van der Waals surface area contributed by atoms with Gasteiger partial charge in [-0.15, -0.1) is 0 Å². The van der Waals surface area contributed by atoms with Gasteiger partial charge in [0.25, 0.3) is 5.91 Å². The molecule has 0 spiro atoms. The van der Waals surface area contributed by atoms with Crippen molar-refractivity contribution in [2.45, 2.75) is 26.7 Å². The molecule has 2 aromatic rings. The van der Waals surface area contributed by atoms with Crippen LogP contribution in [0, 0.1) is 6.92 Å². The van der Waals surface area contributed by atoms with Crippen LogP contribution in [0.4, 0.5) is 11.4 Å². The van der Waals surface area contributed by atoms with Crippen molar-refractivity contribution in [3.63, 3.8) is 0 Å². The molecule has 0 saturated carbocycles. The topological polar surface area (TPSA) is 80.9 Å². The van der Waals surface area contributed by atoms with E-state index < -0.39 is 0 Å². The number of rotatable bonds is 3. The van der Waals surface area contributed by atoms with Crippen molar-refractivity contribution in [3.8, 4) is 0 Å². The Kier molecular flexibility index (Phi) is 4.57. The van der Waals surface area contributed by atoms with Crippen molar-refractivity contribution in [3.05, 3.63) is 46.0 Å². The molecule has 0 radical (unpaired) electrons. The number of aryl methyl sites for hydroxylation is 1. The molecule has 21 heavy (non-hydrogen) atoms. The van der Waals surface area contributed by atoms with E-state index in [0.29, 0.717) is 11.5 Å². The average Bonchev–Trinajstić information content (AvgIpc) is 2.43. The minimum atomic E-state index is -0.335. The Bertz CT molecular complexity index is 685. The van der Waals surface area contributed by atoms with Gasteiger partial charge in [0, 0.05) is 16.1 Å². The molecule has 1 amide bonds. The van der Waals surface area contributed by atoms with Gasteiger partial charge in [-0.05, 0) is 30.7 Å². The standard InChI is InChI=1S/C15H17BrN4O/c1-8(2)14-18-7-12(17)13(20-14)15(21)19-10-4-5-11(16)9(3)6-10/h4-8H,17H2,1-3H3,(H,19,21). The summed E-state index contributed by atoms with van der Waals surface area (Å²) in [4.78, 5) is 20.7. The summed E-state index contributed by atoms with van der Waals surface area (Å²) >= 11 is 3.42. The van der Waals surface area contributed by atoms with Crippen molar-refractivity contribution in [2.24, 2.45) is 0 Å². The van der Waals surface area contributed by atoms with E-state index in [-0.39, 0.29) is 23.2 Å². The molecule has 2 rings (SSSR count). The fraction of sp³-hybridized carbons (Fsp3) is 0.267. The lowest BCUT2D eigenvalue weighted by Gasteiger charge is -2.10. The summed E-state index contributed by atoms with van der Waals surface area (Å²) < 4.78 is 0.990. The Morgan fingerprint density at radius 3 is 2.71 bits per heavy atom. The Hall–Kier alpha value is -1.95. The Morgan fingerprint density at radius 1 is 1.38 bits per heavy atom. The van der Waals surface area contributed by atoms with Crippen LogP contribution in [-0.2, 0) is 0 Å². The van der Waals surface area contributed by atoms with Crippen LogP contribution in [-0.4, -0.2) is 15.9 Å². The van der Waals surface area contributed by atoms with E-state index in [9.17, 15) is 4.79 Å². The van der Waals surface area contributed by atoms with Gasteiger partial charge in [0.15, 0.2) is 5.69 Å². The number of benzene rings is 1. The van der Waals surface area contributed by atoms with Crippen molar-refractivity contribution in [1.29, 1.82) is 0 Å². The molecule has 0 aliphatic rings. The lowest BCUT2D eigenvalue weighted by atomic mass is 10.2. The molecule has 1 heterocycles. The number of halogens is 1. The number of aromatic nitrogens is 2. The van der Waals surface area contributed by atoms with Gasteiger partial charge in [0.2, 0.25) is 0 Å². The van der Waals surface area contributed by atoms with Crippen LogP contribution in [0.2, 0.25) is 0 Å². The fourth-order valence-electron chi connectivity index (χ4n) is 1.78. The molecule has 0 fully saturated rings. The van der Waals surface area contributed by atoms with Gasteiger partial charge in [0.05, 0.1) is 11.9 Å². The number of carbonyl (C=O) groups is 1. The summed E-state index contributed by atoms with van der Waals surface area (Å²) in [6, 6.07) is 5.58. The quantitative estimate of drug-likeness (QED) is 0.889. The van der Waals surface area contributed by atoms with E-state index >= 15 is 0 Å². The first kappa shape index (κ1) is 15.4. The minimum Gasteiger partial charge on any atom is -0.396 e. The van der Waals surface area contributed by atoms with Gasteiger partial charge in [-0.2, -0.15) is 0 Å². The van der Waals surface area contributed by atoms with Crippen LogP contribution < -0.4 is 11.1 Å². The zero-order valence-corrected chi connectivity index (χ0v) is 13.7. The Labute approximate surface area is 132 Å². The molecule has 1 aromatic heterocycles. The highest BCUT2D eigenvalue weighted by atomic mass is 79.9. The number of hydrogen-bond donors (Lipinski definition) is 2. The summed E-state index contributed by atoms with van der Waals surface area (Å²) in [5, 5.41) is 2.80. The molecule has 5 nitrogen and oxygen atoms in total. The largest absolute Gasteiger partial charge is 0.396 e. The summed E-state index contributed by atoms with van der Waals surface area (Å²) in [6.45, 7) is 5.88. The highest BCUT2D eigenvalue weighted by Crippen LogP contribution is 2.21. The van der Waals surface area contributed by atoms with E-state index in [1.807, 2.05) is 39.0 Å². The molecule has 0 aliphatic heterocycles. The highest BCUT2D eigenvalue weighted by molar-refractivity contribution is 9.10. The Balaban J connectivity index is 2.27. The third kappa shape index (κ3) is 3.58. The van der Waals surface area contributed by atoms with Crippen molar-refractivity contribution in [2.75, 3.05) is 11.1 Å². The SMILES string of the molecule is Cc1cc(NC(=O)c2nc(C(C)C)ncc2N)ccc1Br.